The Morgan fingerprint density at radius 2 is 1.90 bits per heavy atom. The SMILES string of the molecule is CCCN(CCC)c1nc(COC)c(CNCC(C)C)s1. The molecule has 0 amide bonds. The van der Waals surface area contributed by atoms with Crippen LogP contribution >= 0.6 is 11.3 Å². The predicted octanol–water partition coefficient (Wildman–Crippen LogP) is 3.66. The van der Waals surface area contributed by atoms with Crippen LogP contribution in [0.5, 0.6) is 0 Å². The highest BCUT2D eigenvalue weighted by Crippen LogP contribution is 2.27. The van der Waals surface area contributed by atoms with Crippen molar-refractivity contribution in [1.82, 2.24) is 10.3 Å². The van der Waals surface area contributed by atoms with Gasteiger partial charge in [0.25, 0.3) is 0 Å². The van der Waals surface area contributed by atoms with Crippen molar-refractivity contribution in [2.75, 3.05) is 31.6 Å². The molecule has 1 rings (SSSR count). The third-order valence-corrected chi connectivity index (χ3v) is 4.30. The smallest absolute Gasteiger partial charge is 0.185 e. The normalized spacial score (nSPS) is 11.3. The first-order valence-electron chi connectivity index (χ1n) is 8.05. The molecule has 21 heavy (non-hydrogen) atoms. The standard InChI is InChI=1S/C16H31N3OS/c1-6-8-19(9-7-2)16-18-14(12-20-5)15(21-16)11-17-10-13(3)4/h13,17H,6-12H2,1-5H3. The van der Waals surface area contributed by atoms with Crippen LogP contribution in [-0.2, 0) is 17.9 Å². The topological polar surface area (TPSA) is 37.4 Å². The average Bonchev–Trinajstić information content (AvgIpc) is 2.82. The second kappa shape index (κ2) is 10.1. The molecule has 1 heterocycles. The number of rotatable bonds is 11. The molecule has 122 valence electrons. The van der Waals surface area contributed by atoms with E-state index in [0.717, 1.165) is 49.8 Å². The summed E-state index contributed by atoms with van der Waals surface area (Å²) in [5.41, 5.74) is 1.09. The molecule has 0 aliphatic rings. The molecular formula is C16H31N3OS. The van der Waals surface area contributed by atoms with E-state index in [1.165, 1.54) is 4.88 Å². The zero-order valence-electron chi connectivity index (χ0n) is 14.2. The molecule has 0 fully saturated rings. The second-order valence-electron chi connectivity index (χ2n) is 5.81. The number of anilines is 1. The molecule has 0 saturated carbocycles. The Labute approximate surface area is 133 Å². The quantitative estimate of drug-likeness (QED) is 0.676. The summed E-state index contributed by atoms with van der Waals surface area (Å²) < 4.78 is 5.31. The Hall–Kier alpha value is -0.650. The zero-order valence-corrected chi connectivity index (χ0v) is 15.1. The fourth-order valence-electron chi connectivity index (χ4n) is 2.21. The Morgan fingerprint density at radius 3 is 2.43 bits per heavy atom. The second-order valence-corrected chi connectivity index (χ2v) is 6.87. The van der Waals surface area contributed by atoms with E-state index in [1.807, 2.05) is 11.3 Å². The monoisotopic (exact) mass is 313 g/mol. The molecule has 4 nitrogen and oxygen atoms in total. The van der Waals surface area contributed by atoms with E-state index in [-0.39, 0.29) is 0 Å². The first-order chi connectivity index (χ1) is 10.1. The number of nitrogens with one attached hydrogen (secondary N) is 1. The Morgan fingerprint density at radius 1 is 1.24 bits per heavy atom. The van der Waals surface area contributed by atoms with Crippen molar-refractivity contribution in [2.45, 2.75) is 53.7 Å². The van der Waals surface area contributed by atoms with E-state index in [0.29, 0.717) is 12.5 Å². The molecule has 0 saturated heterocycles. The van der Waals surface area contributed by atoms with Crippen LogP contribution in [0.4, 0.5) is 5.13 Å². The maximum absolute atomic E-state index is 5.31. The van der Waals surface area contributed by atoms with E-state index < -0.39 is 0 Å². The van der Waals surface area contributed by atoms with E-state index in [2.05, 4.69) is 37.9 Å². The van der Waals surface area contributed by atoms with Gasteiger partial charge in [-0.25, -0.2) is 4.98 Å². The van der Waals surface area contributed by atoms with Crippen molar-refractivity contribution in [3.8, 4) is 0 Å². The van der Waals surface area contributed by atoms with Crippen LogP contribution in [0.3, 0.4) is 0 Å². The average molecular weight is 314 g/mol. The van der Waals surface area contributed by atoms with Gasteiger partial charge in [-0.3, -0.25) is 0 Å². The minimum Gasteiger partial charge on any atom is -0.378 e. The number of hydrogen-bond acceptors (Lipinski definition) is 5. The Bertz CT molecular complexity index is 387. The molecule has 0 aliphatic heterocycles. The molecule has 1 N–H and O–H groups in total. The lowest BCUT2D eigenvalue weighted by Gasteiger charge is -2.20. The number of ether oxygens (including phenoxy) is 1. The first-order valence-corrected chi connectivity index (χ1v) is 8.87. The van der Waals surface area contributed by atoms with Crippen LogP contribution in [0.2, 0.25) is 0 Å². The number of thiazole rings is 1. The fourth-order valence-corrected chi connectivity index (χ4v) is 3.29. The lowest BCUT2D eigenvalue weighted by molar-refractivity contribution is 0.181. The highest BCUT2D eigenvalue weighted by Gasteiger charge is 2.15. The summed E-state index contributed by atoms with van der Waals surface area (Å²) in [5.74, 6) is 0.667. The van der Waals surface area contributed by atoms with Crippen LogP contribution in [0.1, 0.15) is 51.1 Å². The molecule has 1 aromatic heterocycles. The van der Waals surface area contributed by atoms with Gasteiger partial charge in [-0.1, -0.05) is 27.7 Å². The molecule has 0 unspecified atom stereocenters. The molecule has 1 aromatic rings. The van der Waals surface area contributed by atoms with Gasteiger partial charge in [0.2, 0.25) is 0 Å². The molecule has 0 bridgehead atoms. The molecule has 0 radical (unpaired) electrons. The minimum absolute atomic E-state index is 0.598. The maximum atomic E-state index is 5.31. The summed E-state index contributed by atoms with van der Waals surface area (Å²) in [6, 6.07) is 0. The van der Waals surface area contributed by atoms with Gasteiger partial charge in [-0.05, 0) is 25.3 Å². The van der Waals surface area contributed by atoms with E-state index in [4.69, 9.17) is 9.72 Å². The lowest BCUT2D eigenvalue weighted by Crippen LogP contribution is -2.24. The summed E-state index contributed by atoms with van der Waals surface area (Å²) in [5, 5.41) is 4.66. The first kappa shape index (κ1) is 18.4. The van der Waals surface area contributed by atoms with Gasteiger partial charge in [0.05, 0.1) is 12.3 Å². The maximum Gasteiger partial charge on any atom is 0.185 e. The molecule has 0 spiro atoms. The third-order valence-electron chi connectivity index (χ3n) is 3.14. The number of nitrogens with zero attached hydrogens (tertiary/aromatic N) is 2. The highest BCUT2D eigenvalue weighted by molar-refractivity contribution is 7.15. The number of hydrogen-bond donors (Lipinski definition) is 1. The number of methoxy groups -OCH3 is 1. The van der Waals surface area contributed by atoms with E-state index in [9.17, 15) is 0 Å². The summed E-state index contributed by atoms with van der Waals surface area (Å²) in [4.78, 5) is 8.52. The zero-order chi connectivity index (χ0) is 15.7. The van der Waals surface area contributed by atoms with Crippen molar-refractivity contribution in [3.05, 3.63) is 10.6 Å². The largest absolute Gasteiger partial charge is 0.378 e. The Balaban J connectivity index is 2.80. The van der Waals surface area contributed by atoms with Gasteiger partial charge >= 0.3 is 0 Å². The summed E-state index contributed by atoms with van der Waals surface area (Å²) in [6.07, 6.45) is 2.31. The Kier molecular flexibility index (Phi) is 8.88. The predicted molar refractivity (Wildman–Crippen MR) is 92.2 cm³/mol. The van der Waals surface area contributed by atoms with Gasteiger partial charge in [0.1, 0.15) is 0 Å². The van der Waals surface area contributed by atoms with Crippen LogP contribution in [0.15, 0.2) is 0 Å². The molecule has 0 aromatic carbocycles. The van der Waals surface area contributed by atoms with Crippen LogP contribution in [0.25, 0.3) is 0 Å². The third kappa shape index (κ3) is 6.32. The summed E-state index contributed by atoms with van der Waals surface area (Å²) >= 11 is 1.81. The van der Waals surface area contributed by atoms with Crippen LogP contribution in [-0.4, -0.2) is 31.7 Å². The molecular weight excluding hydrogens is 282 g/mol. The van der Waals surface area contributed by atoms with Gasteiger partial charge in [-0.2, -0.15) is 0 Å². The fraction of sp³-hybridized carbons (Fsp3) is 0.812. The molecule has 0 atom stereocenters. The van der Waals surface area contributed by atoms with Crippen LogP contribution in [0, 0.1) is 5.92 Å². The van der Waals surface area contributed by atoms with E-state index in [1.54, 1.807) is 7.11 Å². The summed E-state index contributed by atoms with van der Waals surface area (Å²) in [7, 11) is 1.74. The number of aromatic nitrogens is 1. The minimum atomic E-state index is 0.598. The van der Waals surface area contributed by atoms with Gasteiger partial charge in [-0.15, -0.1) is 11.3 Å². The van der Waals surface area contributed by atoms with Crippen molar-refractivity contribution in [3.63, 3.8) is 0 Å². The van der Waals surface area contributed by atoms with Crippen molar-refractivity contribution >= 4 is 16.5 Å². The van der Waals surface area contributed by atoms with Crippen molar-refractivity contribution in [1.29, 1.82) is 0 Å². The highest BCUT2D eigenvalue weighted by atomic mass is 32.1. The molecule has 5 heteroatoms. The lowest BCUT2D eigenvalue weighted by atomic mass is 10.2. The van der Waals surface area contributed by atoms with Gasteiger partial charge < -0.3 is 15.0 Å². The summed E-state index contributed by atoms with van der Waals surface area (Å²) in [6.45, 7) is 13.6. The van der Waals surface area contributed by atoms with Crippen LogP contribution < -0.4 is 10.2 Å². The van der Waals surface area contributed by atoms with E-state index >= 15 is 0 Å². The van der Waals surface area contributed by atoms with Crippen molar-refractivity contribution in [2.24, 2.45) is 5.92 Å². The van der Waals surface area contributed by atoms with Crippen molar-refractivity contribution < 1.29 is 4.74 Å². The van der Waals surface area contributed by atoms with Gasteiger partial charge in [0, 0.05) is 31.6 Å². The van der Waals surface area contributed by atoms with Gasteiger partial charge in [0.15, 0.2) is 5.13 Å². The molecule has 0 aliphatic carbocycles.